The van der Waals surface area contributed by atoms with Crippen LogP contribution in [0.25, 0.3) is 0 Å². The normalized spacial score (nSPS) is 15.4. The summed E-state index contributed by atoms with van der Waals surface area (Å²) in [6.07, 6.45) is 7.55. The molecule has 0 unspecified atom stereocenters. The van der Waals surface area contributed by atoms with Crippen molar-refractivity contribution in [2.24, 2.45) is 0 Å². The lowest BCUT2D eigenvalue weighted by Gasteiger charge is -2.16. The molecule has 0 radical (unpaired) electrons. The molecule has 4 nitrogen and oxygen atoms in total. The third-order valence-corrected chi connectivity index (χ3v) is 3.80. The summed E-state index contributed by atoms with van der Waals surface area (Å²) in [6.45, 7) is 2.39. The molecular weight excluding hydrogens is 276 g/mol. The van der Waals surface area contributed by atoms with Gasteiger partial charge < -0.3 is 10.1 Å². The van der Waals surface area contributed by atoms with E-state index in [1.54, 1.807) is 31.2 Å². The largest absolute Gasteiger partial charge is 0.481 e. The highest BCUT2D eigenvalue weighted by Gasteiger charge is 2.14. The smallest absolute Gasteiger partial charge is 0.260 e. The molecule has 1 amide bonds. The molecule has 0 saturated carbocycles. The fourth-order valence-corrected chi connectivity index (χ4v) is 2.49. The maximum atomic E-state index is 12.0. The van der Waals surface area contributed by atoms with Crippen LogP contribution in [0.3, 0.4) is 0 Å². The topological polar surface area (TPSA) is 62.1 Å². The maximum absolute atomic E-state index is 12.0. The van der Waals surface area contributed by atoms with Gasteiger partial charge in [0, 0.05) is 6.54 Å². The minimum Gasteiger partial charge on any atom is -0.481 e. The molecule has 0 heterocycles. The minimum absolute atomic E-state index is 0.110. The highest BCUT2D eigenvalue weighted by Crippen LogP contribution is 2.19. The Bertz CT molecular complexity index is 570. The van der Waals surface area contributed by atoms with Crippen LogP contribution in [0.4, 0.5) is 0 Å². The quantitative estimate of drug-likeness (QED) is 0.819. The van der Waals surface area contributed by atoms with Crippen molar-refractivity contribution in [2.75, 3.05) is 6.54 Å². The van der Waals surface area contributed by atoms with Crippen LogP contribution in [-0.2, 0) is 4.79 Å². The summed E-state index contributed by atoms with van der Waals surface area (Å²) in [5.41, 5.74) is 2.03. The van der Waals surface area contributed by atoms with Gasteiger partial charge in [0.15, 0.2) is 6.10 Å². The first-order valence-electron chi connectivity index (χ1n) is 7.81. The number of nitrogens with one attached hydrogen (secondary N) is 1. The van der Waals surface area contributed by atoms with Gasteiger partial charge in [-0.25, -0.2) is 0 Å². The van der Waals surface area contributed by atoms with Gasteiger partial charge in [-0.1, -0.05) is 11.6 Å². The van der Waals surface area contributed by atoms with Crippen molar-refractivity contribution >= 4 is 5.91 Å². The third kappa shape index (κ3) is 4.92. The molecule has 1 aliphatic rings. The van der Waals surface area contributed by atoms with Crippen molar-refractivity contribution < 1.29 is 9.53 Å². The number of benzene rings is 1. The van der Waals surface area contributed by atoms with Crippen LogP contribution in [0.1, 0.15) is 44.6 Å². The summed E-state index contributed by atoms with van der Waals surface area (Å²) in [7, 11) is 0. The van der Waals surface area contributed by atoms with Gasteiger partial charge in [-0.2, -0.15) is 5.26 Å². The molecule has 0 fully saturated rings. The van der Waals surface area contributed by atoms with Crippen molar-refractivity contribution in [2.45, 2.75) is 45.1 Å². The molecule has 0 aliphatic heterocycles. The van der Waals surface area contributed by atoms with Crippen LogP contribution in [0.2, 0.25) is 0 Å². The first kappa shape index (κ1) is 16.1. The van der Waals surface area contributed by atoms with E-state index in [-0.39, 0.29) is 5.91 Å². The first-order valence-corrected chi connectivity index (χ1v) is 7.81. The number of carbonyl (C=O) groups excluding carboxylic acids is 1. The molecule has 116 valence electrons. The maximum Gasteiger partial charge on any atom is 0.260 e. The van der Waals surface area contributed by atoms with Crippen LogP contribution in [0.5, 0.6) is 5.75 Å². The summed E-state index contributed by atoms with van der Waals surface area (Å²) in [5, 5.41) is 11.7. The number of rotatable bonds is 6. The van der Waals surface area contributed by atoms with E-state index in [4.69, 9.17) is 10.00 Å². The molecule has 0 saturated heterocycles. The molecule has 22 heavy (non-hydrogen) atoms. The lowest BCUT2D eigenvalue weighted by atomic mass is 9.97. The van der Waals surface area contributed by atoms with E-state index in [0.717, 1.165) is 12.8 Å². The van der Waals surface area contributed by atoms with Crippen LogP contribution >= 0.6 is 0 Å². The number of carbonyl (C=O) groups is 1. The Morgan fingerprint density at radius 2 is 2.14 bits per heavy atom. The van der Waals surface area contributed by atoms with Crippen molar-refractivity contribution in [1.29, 1.82) is 5.26 Å². The second-order valence-electron chi connectivity index (χ2n) is 5.55. The average molecular weight is 298 g/mol. The van der Waals surface area contributed by atoms with E-state index in [9.17, 15) is 4.79 Å². The van der Waals surface area contributed by atoms with E-state index in [2.05, 4.69) is 11.4 Å². The Morgan fingerprint density at radius 1 is 1.36 bits per heavy atom. The highest BCUT2D eigenvalue weighted by molar-refractivity contribution is 5.80. The predicted octanol–water partition coefficient (Wildman–Crippen LogP) is 3.33. The van der Waals surface area contributed by atoms with Gasteiger partial charge in [0.05, 0.1) is 11.6 Å². The van der Waals surface area contributed by atoms with E-state index >= 15 is 0 Å². The molecule has 1 N–H and O–H groups in total. The molecule has 0 bridgehead atoms. The second-order valence-corrected chi connectivity index (χ2v) is 5.55. The van der Waals surface area contributed by atoms with E-state index in [0.29, 0.717) is 17.9 Å². The molecule has 1 aromatic carbocycles. The summed E-state index contributed by atoms with van der Waals surface area (Å²) >= 11 is 0. The zero-order chi connectivity index (χ0) is 15.8. The fourth-order valence-electron chi connectivity index (χ4n) is 2.49. The van der Waals surface area contributed by atoms with Crippen LogP contribution in [-0.4, -0.2) is 18.6 Å². The van der Waals surface area contributed by atoms with Gasteiger partial charge >= 0.3 is 0 Å². The number of hydrogen-bond acceptors (Lipinski definition) is 3. The van der Waals surface area contributed by atoms with E-state index < -0.39 is 6.10 Å². The molecule has 1 aromatic rings. The van der Waals surface area contributed by atoms with Crippen molar-refractivity contribution in [3.8, 4) is 11.8 Å². The Morgan fingerprint density at radius 3 is 2.77 bits per heavy atom. The van der Waals surface area contributed by atoms with Crippen molar-refractivity contribution in [3.63, 3.8) is 0 Å². The second kappa shape index (κ2) is 8.23. The molecule has 2 rings (SSSR count). The Hall–Kier alpha value is -2.28. The number of amides is 1. The van der Waals surface area contributed by atoms with Gasteiger partial charge in [-0.3, -0.25) is 4.79 Å². The third-order valence-electron chi connectivity index (χ3n) is 3.80. The molecule has 1 atom stereocenters. The monoisotopic (exact) mass is 298 g/mol. The highest BCUT2D eigenvalue weighted by atomic mass is 16.5. The van der Waals surface area contributed by atoms with E-state index in [1.165, 1.54) is 24.8 Å². The summed E-state index contributed by atoms with van der Waals surface area (Å²) in [5.74, 6) is 0.484. The van der Waals surface area contributed by atoms with Crippen LogP contribution in [0, 0.1) is 11.3 Å². The number of nitriles is 1. The van der Waals surface area contributed by atoms with Crippen LogP contribution in [0.15, 0.2) is 35.9 Å². The summed E-state index contributed by atoms with van der Waals surface area (Å²) in [4.78, 5) is 12.0. The lowest BCUT2D eigenvalue weighted by molar-refractivity contribution is -0.127. The zero-order valence-electron chi connectivity index (χ0n) is 13.0. The van der Waals surface area contributed by atoms with Crippen molar-refractivity contribution in [1.82, 2.24) is 5.32 Å². The molecule has 0 aromatic heterocycles. The van der Waals surface area contributed by atoms with Gasteiger partial charge in [0.1, 0.15) is 5.75 Å². The number of nitrogens with zero attached hydrogens (tertiary/aromatic N) is 1. The van der Waals surface area contributed by atoms with E-state index in [1.807, 2.05) is 6.07 Å². The Labute approximate surface area is 131 Å². The number of allylic oxidation sites excluding steroid dienone is 1. The molecule has 0 spiro atoms. The summed E-state index contributed by atoms with van der Waals surface area (Å²) < 4.78 is 5.58. The number of ether oxygens (including phenoxy) is 1. The van der Waals surface area contributed by atoms with Crippen LogP contribution < -0.4 is 10.1 Å². The standard InChI is InChI=1S/C18H22N2O2/c1-14(22-17-9-7-16(13-19)8-10-17)18(21)20-12-11-15-5-3-2-4-6-15/h5,7-10,14H,2-4,6,11-12H2,1H3,(H,20,21)/t14-/m1/s1. The molecule has 1 aliphatic carbocycles. The lowest BCUT2D eigenvalue weighted by Crippen LogP contribution is -2.36. The number of hydrogen-bond donors (Lipinski definition) is 1. The van der Waals surface area contributed by atoms with Gasteiger partial charge in [0.2, 0.25) is 0 Å². The van der Waals surface area contributed by atoms with Gasteiger partial charge in [-0.05, 0) is 63.3 Å². The fraction of sp³-hybridized carbons (Fsp3) is 0.444. The van der Waals surface area contributed by atoms with Crippen molar-refractivity contribution in [3.05, 3.63) is 41.5 Å². The predicted molar refractivity (Wildman–Crippen MR) is 85.4 cm³/mol. The average Bonchev–Trinajstić information content (AvgIpc) is 2.56. The van der Waals surface area contributed by atoms with Gasteiger partial charge in [-0.15, -0.1) is 0 Å². The zero-order valence-corrected chi connectivity index (χ0v) is 13.0. The molecule has 4 heteroatoms. The Kier molecular flexibility index (Phi) is 6.02. The first-order chi connectivity index (χ1) is 10.7. The van der Waals surface area contributed by atoms with Gasteiger partial charge in [0.25, 0.3) is 5.91 Å². The molecular formula is C18H22N2O2. The Balaban J connectivity index is 1.74. The SMILES string of the molecule is C[C@@H](Oc1ccc(C#N)cc1)C(=O)NCCC1=CCCCC1. The summed E-state index contributed by atoms with van der Waals surface area (Å²) in [6, 6.07) is 8.81. The minimum atomic E-state index is -0.548.